The van der Waals surface area contributed by atoms with Crippen molar-refractivity contribution in [3.63, 3.8) is 0 Å². The number of nitrogens with zero attached hydrogens (tertiary/aromatic N) is 3. The van der Waals surface area contributed by atoms with Crippen LogP contribution in [0.25, 0.3) is 0 Å². The zero-order valence-electron chi connectivity index (χ0n) is 12.5. The van der Waals surface area contributed by atoms with E-state index in [4.69, 9.17) is 5.41 Å². The van der Waals surface area contributed by atoms with Crippen LogP contribution < -0.4 is 5.32 Å². The highest BCUT2D eigenvalue weighted by atomic mass is 14.9. The highest BCUT2D eigenvalue weighted by molar-refractivity contribution is 6.00. The molecule has 2 aliphatic rings. The minimum absolute atomic E-state index is 0.0942. The highest BCUT2D eigenvalue weighted by Crippen LogP contribution is 2.52. The van der Waals surface area contributed by atoms with Crippen LogP contribution in [-0.4, -0.2) is 18.8 Å². The summed E-state index contributed by atoms with van der Waals surface area (Å²) in [4.78, 5) is 0. The van der Waals surface area contributed by atoms with E-state index in [9.17, 15) is 15.8 Å². The molecule has 5 heteroatoms. The molecule has 3 atom stereocenters. The molecule has 0 spiro atoms. The molecule has 2 N–H and O–H groups in total. The maximum atomic E-state index is 9.78. The summed E-state index contributed by atoms with van der Waals surface area (Å²) in [5.74, 6) is -1.37. The van der Waals surface area contributed by atoms with Gasteiger partial charge in [0.2, 0.25) is 0 Å². The Bertz CT molecular complexity index is 773. The fourth-order valence-electron chi connectivity index (χ4n) is 3.77. The first kappa shape index (κ1) is 15.0. The first-order valence-electron chi connectivity index (χ1n) is 7.46. The van der Waals surface area contributed by atoms with E-state index < -0.39 is 17.3 Å². The predicted molar refractivity (Wildman–Crippen MR) is 84.1 cm³/mol. The van der Waals surface area contributed by atoms with Crippen molar-refractivity contribution in [2.75, 3.05) is 13.1 Å². The molecule has 5 nitrogen and oxygen atoms in total. The van der Waals surface area contributed by atoms with E-state index in [1.807, 2.05) is 36.4 Å². The van der Waals surface area contributed by atoms with Crippen molar-refractivity contribution >= 4 is 5.71 Å². The molecule has 0 bridgehead atoms. The molecule has 0 saturated heterocycles. The average Bonchev–Trinajstić information content (AvgIpc) is 2.61. The van der Waals surface area contributed by atoms with Crippen LogP contribution in [0.5, 0.6) is 0 Å². The third kappa shape index (κ3) is 2.05. The van der Waals surface area contributed by atoms with E-state index in [-0.39, 0.29) is 11.6 Å². The van der Waals surface area contributed by atoms with Gasteiger partial charge in [0.15, 0.2) is 5.41 Å². The van der Waals surface area contributed by atoms with Gasteiger partial charge in [-0.3, -0.25) is 0 Å². The van der Waals surface area contributed by atoms with E-state index >= 15 is 0 Å². The quantitative estimate of drug-likeness (QED) is 0.774. The lowest BCUT2D eigenvalue weighted by molar-refractivity contribution is 0.332. The van der Waals surface area contributed by atoms with Gasteiger partial charge in [0.1, 0.15) is 5.92 Å². The normalized spacial score (nSPS) is 28.5. The molecule has 0 radical (unpaired) electrons. The number of benzene rings is 1. The average molecular weight is 301 g/mol. The molecular weight excluding hydrogens is 286 g/mol. The van der Waals surface area contributed by atoms with Gasteiger partial charge >= 0.3 is 0 Å². The maximum Gasteiger partial charge on any atom is 0.189 e. The zero-order chi connectivity index (χ0) is 16.4. The summed E-state index contributed by atoms with van der Waals surface area (Å²) < 4.78 is 0. The second kappa shape index (κ2) is 5.69. The Morgan fingerprint density at radius 3 is 2.43 bits per heavy atom. The van der Waals surface area contributed by atoms with Crippen LogP contribution in [0.4, 0.5) is 0 Å². The van der Waals surface area contributed by atoms with E-state index in [0.717, 1.165) is 11.1 Å². The van der Waals surface area contributed by atoms with Crippen molar-refractivity contribution < 1.29 is 0 Å². The summed E-state index contributed by atoms with van der Waals surface area (Å²) in [5, 5.41) is 40.8. The molecule has 0 aromatic heterocycles. The highest BCUT2D eigenvalue weighted by Gasteiger charge is 2.57. The third-order valence-corrected chi connectivity index (χ3v) is 4.83. The first-order valence-corrected chi connectivity index (χ1v) is 7.46. The van der Waals surface area contributed by atoms with Gasteiger partial charge in [0.25, 0.3) is 0 Å². The molecule has 1 saturated carbocycles. The SMILES string of the molecule is N#C[C@@H]1C(=N)C(C#N)(C#N)[C@@H](c2ccccc2)[C@@H]2CNCC=C12. The Kier molecular flexibility index (Phi) is 3.70. The van der Waals surface area contributed by atoms with E-state index in [2.05, 4.69) is 23.5 Å². The molecule has 23 heavy (non-hydrogen) atoms. The topological polar surface area (TPSA) is 107 Å². The Morgan fingerprint density at radius 2 is 1.83 bits per heavy atom. The fraction of sp³-hybridized carbons (Fsp3) is 0.333. The zero-order valence-corrected chi connectivity index (χ0v) is 12.5. The summed E-state index contributed by atoms with van der Waals surface area (Å²) in [6.07, 6.45) is 1.94. The fourth-order valence-corrected chi connectivity index (χ4v) is 3.77. The minimum atomic E-state index is -1.61. The van der Waals surface area contributed by atoms with Crippen LogP contribution in [0.15, 0.2) is 42.0 Å². The van der Waals surface area contributed by atoms with Crippen molar-refractivity contribution in [2.24, 2.45) is 17.3 Å². The number of hydrogen-bond acceptors (Lipinski definition) is 5. The van der Waals surface area contributed by atoms with Gasteiger partial charge in [-0.2, -0.15) is 15.8 Å². The molecule has 1 fully saturated rings. The van der Waals surface area contributed by atoms with Crippen molar-refractivity contribution in [1.82, 2.24) is 5.32 Å². The van der Waals surface area contributed by atoms with Crippen LogP contribution in [0, 0.1) is 56.7 Å². The second-order valence-corrected chi connectivity index (χ2v) is 5.86. The van der Waals surface area contributed by atoms with Crippen LogP contribution >= 0.6 is 0 Å². The van der Waals surface area contributed by atoms with Gasteiger partial charge in [-0.15, -0.1) is 0 Å². The first-order chi connectivity index (χ1) is 11.2. The number of nitriles is 3. The monoisotopic (exact) mass is 301 g/mol. The lowest BCUT2D eigenvalue weighted by Gasteiger charge is -2.45. The molecular formula is C18H15N5. The Balaban J connectivity index is 2.26. The van der Waals surface area contributed by atoms with Crippen molar-refractivity contribution in [3.8, 4) is 18.2 Å². The number of nitrogens with one attached hydrogen (secondary N) is 2. The van der Waals surface area contributed by atoms with Crippen molar-refractivity contribution in [1.29, 1.82) is 21.2 Å². The van der Waals surface area contributed by atoms with Gasteiger partial charge in [-0.05, 0) is 11.1 Å². The van der Waals surface area contributed by atoms with E-state index in [1.165, 1.54) is 0 Å². The maximum absolute atomic E-state index is 9.78. The molecule has 0 amide bonds. The lowest BCUT2D eigenvalue weighted by atomic mass is 9.54. The second-order valence-electron chi connectivity index (χ2n) is 5.86. The third-order valence-electron chi connectivity index (χ3n) is 4.83. The Hall–Kier alpha value is -2.94. The molecule has 1 aromatic rings. The van der Waals surface area contributed by atoms with Gasteiger partial charge in [0, 0.05) is 24.9 Å². The lowest BCUT2D eigenvalue weighted by Crippen LogP contribution is -2.52. The minimum Gasteiger partial charge on any atom is -0.313 e. The molecule has 0 unspecified atom stereocenters. The number of fused-ring (bicyclic) bond motifs is 1. The van der Waals surface area contributed by atoms with E-state index in [1.54, 1.807) is 0 Å². The summed E-state index contributed by atoms with van der Waals surface area (Å²) in [6, 6.07) is 15.7. The van der Waals surface area contributed by atoms with Gasteiger partial charge < -0.3 is 10.7 Å². The Morgan fingerprint density at radius 1 is 1.13 bits per heavy atom. The smallest absolute Gasteiger partial charge is 0.189 e. The summed E-state index contributed by atoms with van der Waals surface area (Å²) in [6.45, 7) is 1.24. The van der Waals surface area contributed by atoms with Crippen LogP contribution in [0.2, 0.25) is 0 Å². The summed E-state index contributed by atoms with van der Waals surface area (Å²) >= 11 is 0. The van der Waals surface area contributed by atoms with Gasteiger partial charge in [-0.25, -0.2) is 0 Å². The molecule has 1 aliphatic carbocycles. The summed E-state index contributed by atoms with van der Waals surface area (Å²) in [7, 11) is 0. The Labute approximate surface area is 135 Å². The largest absolute Gasteiger partial charge is 0.313 e. The molecule has 1 heterocycles. The molecule has 3 rings (SSSR count). The number of hydrogen-bond donors (Lipinski definition) is 2. The van der Waals surface area contributed by atoms with Crippen molar-refractivity contribution in [3.05, 3.63) is 47.5 Å². The van der Waals surface area contributed by atoms with Crippen LogP contribution in [0.1, 0.15) is 11.5 Å². The van der Waals surface area contributed by atoms with Crippen molar-refractivity contribution in [2.45, 2.75) is 5.92 Å². The number of rotatable bonds is 1. The molecule has 1 aliphatic heterocycles. The standard InChI is InChI=1S/C18H15N5/c19-8-14-13-6-7-23-9-15(13)16(12-4-2-1-3-5-12)18(10-20,11-21)17(14)22/h1-6,14-16,22-23H,7,9H2/t14-,15+,16-/m0/s1. The van der Waals surface area contributed by atoms with Gasteiger partial charge in [-0.1, -0.05) is 36.4 Å². The van der Waals surface area contributed by atoms with E-state index in [0.29, 0.717) is 13.1 Å². The van der Waals surface area contributed by atoms with Crippen LogP contribution in [0.3, 0.4) is 0 Å². The molecule has 112 valence electrons. The predicted octanol–water partition coefficient (Wildman–Crippen LogP) is 2.12. The summed E-state index contributed by atoms with van der Waals surface area (Å²) in [5.41, 5.74) is 0.0220. The van der Waals surface area contributed by atoms with Crippen LogP contribution in [-0.2, 0) is 0 Å². The van der Waals surface area contributed by atoms with Gasteiger partial charge in [0.05, 0.1) is 23.9 Å². The molecule has 1 aromatic carbocycles.